The SMILES string of the molecule is C=NC/C(=C/C)C(=N)c1ccc(Cl)cc1\C(F)=C/C=C\C(F)=C\C. The van der Waals surface area contributed by atoms with Crippen molar-refractivity contribution < 1.29 is 8.78 Å². The van der Waals surface area contributed by atoms with Crippen LogP contribution in [0.1, 0.15) is 25.0 Å². The maximum atomic E-state index is 14.5. The largest absolute Gasteiger partial charge is 0.300 e. The Morgan fingerprint density at radius 1 is 1.25 bits per heavy atom. The van der Waals surface area contributed by atoms with E-state index in [-0.39, 0.29) is 17.8 Å². The molecule has 0 aliphatic carbocycles. The van der Waals surface area contributed by atoms with E-state index in [1.807, 2.05) is 0 Å². The maximum Gasteiger partial charge on any atom is 0.131 e. The minimum atomic E-state index is -0.612. The molecule has 5 heteroatoms. The zero-order valence-electron chi connectivity index (χ0n) is 13.6. The topological polar surface area (TPSA) is 36.2 Å². The van der Waals surface area contributed by atoms with Gasteiger partial charge in [0.15, 0.2) is 0 Å². The summed E-state index contributed by atoms with van der Waals surface area (Å²) in [7, 11) is 0. The first kappa shape index (κ1) is 19.7. The summed E-state index contributed by atoms with van der Waals surface area (Å²) >= 11 is 5.95. The van der Waals surface area contributed by atoms with E-state index in [1.165, 1.54) is 18.2 Å². The van der Waals surface area contributed by atoms with Crippen molar-refractivity contribution in [3.63, 3.8) is 0 Å². The van der Waals surface area contributed by atoms with Crippen LogP contribution in [-0.2, 0) is 0 Å². The highest BCUT2D eigenvalue weighted by Crippen LogP contribution is 2.26. The van der Waals surface area contributed by atoms with Crippen molar-refractivity contribution >= 4 is 29.9 Å². The Kier molecular flexibility index (Phi) is 7.99. The second-order valence-corrected chi connectivity index (χ2v) is 5.24. The molecule has 0 heterocycles. The number of allylic oxidation sites excluding steroid dienone is 6. The van der Waals surface area contributed by atoms with Gasteiger partial charge in [0.2, 0.25) is 0 Å². The second-order valence-electron chi connectivity index (χ2n) is 4.81. The minimum Gasteiger partial charge on any atom is -0.300 e. The zero-order valence-corrected chi connectivity index (χ0v) is 14.4. The van der Waals surface area contributed by atoms with Gasteiger partial charge in [0.25, 0.3) is 0 Å². The van der Waals surface area contributed by atoms with E-state index in [2.05, 4.69) is 11.7 Å². The summed E-state index contributed by atoms with van der Waals surface area (Å²) in [6.07, 6.45) is 6.54. The molecule has 1 aromatic rings. The molecule has 0 fully saturated rings. The summed E-state index contributed by atoms with van der Waals surface area (Å²) in [5.74, 6) is -1.08. The van der Waals surface area contributed by atoms with E-state index in [0.29, 0.717) is 16.2 Å². The van der Waals surface area contributed by atoms with Crippen molar-refractivity contribution in [3.05, 3.63) is 76.1 Å². The van der Waals surface area contributed by atoms with Gasteiger partial charge in [0.05, 0.1) is 12.3 Å². The third-order valence-electron chi connectivity index (χ3n) is 3.23. The van der Waals surface area contributed by atoms with Crippen molar-refractivity contribution in [3.8, 4) is 0 Å². The fourth-order valence-corrected chi connectivity index (χ4v) is 2.12. The number of aliphatic imine (C=N–C) groups is 1. The monoisotopic (exact) mass is 348 g/mol. The van der Waals surface area contributed by atoms with Crippen molar-refractivity contribution in [2.24, 2.45) is 4.99 Å². The van der Waals surface area contributed by atoms with Gasteiger partial charge in [-0.05, 0) is 50.4 Å². The fraction of sp³-hybridized carbons (Fsp3) is 0.158. The Labute approximate surface area is 146 Å². The maximum absolute atomic E-state index is 14.5. The lowest BCUT2D eigenvalue weighted by Crippen LogP contribution is -2.08. The normalized spacial score (nSPS) is 13.5. The molecule has 0 aliphatic rings. The zero-order chi connectivity index (χ0) is 18.1. The van der Waals surface area contributed by atoms with E-state index < -0.39 is 11.7 Å². The standard InChI is InChI=1S/C19H19ClF2N2/c1-4-13(12-24-3)19(23)16-10-9-14(20)11-17(16)18(22)8-6-7-15(21)5-2/h4-11,23H,3,12H2,1-2H3/b7-6-,13-4-,15-5-,18-8+,23-19?. The number of nitrogens with one attached hydrogen (secondary N) is 1. The van der Waals surface area contributed by atoms with Gasteiger partial charge >= 0.3 is 0 Å². The Hall–Kier alpha value is -2.33. The van der Waals surface area contributed by atoms with Crippen LogP contribution in [0.3, 0.4) is 0 Å². The Bertz CT molecular complexity index is 744. The molecule has 1 N–H and O–H groups in total. The molecule has 0 saturated carbocycles. The number of benzene rings is 1. The molecule has 24 heavy (non-hydrogen) atoms. The van der Waals surface area contributed by atoms with Gasteiger partial charge in [0, 0.05) is 16.1 Å². The molecule has 0 aromatic heterocycles. The summed E-state index contributed by atoms with van der Waals surface area (Å²) in [6.45, 7) is 7.00. The second kappa shape index (κ2) is 9.73. The van der Waals surface area contributed by atoms with Gasteiger partial charge in [-0.3, -0.25) is 10.4 Å². The van der Waals surface area contributed by atoms with Crippen LogP contribution in [0, 0.1) is 5.41 Å². The lowest BCUT2D eigenvalue weighted by atomic mass is 9.96. The average Bonchev–Trinajstić information content (AvgIpc) is 2.58. The van der Waals surface area contributed by atoms with Gasteiger partial charge in [-0.1, -0.05) is 35.9 Å². The van der Waals surface area contributed by atoms with Crippen LogP contribution in [0.4, 0.5) is 8.78 Å². The lowest BCUT2D eigenvalue weighted by molar-refractivity contribution is 0.665. The first-order valence-corrected chi connectivity index (χ1v) is 7.65. The van der Waals surface area contributed by atoms with E-state index >= 15 is 0 Å². The van der Waals surface area contributed by atoms with E-state index in [4.69, 9.17) is 17.0 Å². The van der Waals surface area contributed by atoms with E-state index in [0.717, 1.165) is 12.2 Å². The molecule has 1 rings (SSSR count). The van der Waals surface area contributed by atoms with E-state index in [1.54, 1.807) is 32.1 Å². The third-order valence-corrected chi connectivity index (χ3v) is 3.47. The Morgan fingerprint density at radius 3 is 2.54 bits per heavy atom. The molecule has 1 aromatic carbocycles. The highest BCUT2D eigenvalue weighted by molar-refractivity contribution is 6.31. The molecule has 126 valence electrons. The smallest absolute Gasteiger partial charge is 0.131 e. The molecule has 0 spiro atoms. The minimum absolute atomic E-state index is 0.142. The van der Waals surface area contributed by atoms with Gasteiger partial charge in [-0.15, -0.1) is 0 Å². The molecule has 0 aliphatic heterocycles. The Balaban J connectivity index is 3.31. The van der Waals surface area contributed by atoms with Crippen LogP contribution in [0.5, 0.6) is 0 Å². The Morgan fingerprint density at radius 2 is 1.96 bits per heavy atom. The summed E-state index contributed by atoms with van der Waals surface area (Å²) in [5.41, 5.74) is 1.31. The van der Waals surface area contributed by atoms with Crippen LogP contribution < -0.4 is 0 Å². The summed E-state index contributed by atoms with van der Waals surface area (Å²) in [6, 6.07) is 4.61. The molecule has 0 unspecified atom stereocenters. The van der Waals surface area contributed by atoms with Gasteiger partial charge in [-0.25, -0.2) is 8.78 Å². The van der Waals surface area contributed by atoms with Crippen LogP contribution in [-0.4, -0.2) is 19.0 Å². The van der Waals surface area contributed by atoms with Crippen molar-refractivity contribution in [2.45, 2.75) is 13.8 Å². The van der Waals surface area contributed by atoms with Gasteiger partial charge < -0.3 is 0 Å². The van der Waals surface area contributed by atoms with Crippen LogP contribution in [0.2, 0.25) is 5.02 Å². The first-order chi connectivity index (χ1) is 11.4. The summed E-state index contributed by atoms with van der Waals surface area (Å²) in [5, 5.41) is 8.63. The average molecular weight is 349 g/mol. The molecule has 0 radical (unpaired) electrons. The number of halogens is 3. The van der Waals surface area contributed by atoms with Crippen molar-refractivity contribution in [2.75, 3.05) is 6.54 Å². The highest BCUT2D eigenvalue weighted by Gasteiger charge is 2.15. The molecule has 0 atom stereocenters. The number of hydrogen-bond donors (Lipinski definition) is 1. The molecular weight excluding hydrogens is 330 g/mol. The van der Waals surface area contributed by atoms with Crippen LogP contribution in [0.15, 0.2) is 65.0 Å². The highest BCUT2D eigenvalue weighted by atomic mass is 35.5. The van der Waals surface area contributed by atoms with Gasteiger partial charge in [-0.2, -0.15) is 0 Å². The van der Waals surface area contributed by atoms with Crippen LogP contribution >= 0.6 is 11.6 Å². The summed E-state index contributed by atoms with van der Waals surface area (Å²) in [4.78, 5) is 3.77. The lowest BCUT2D eigenvalue weighted by Gasteiger charge is -2.12. The van der Waals surface area contributed by atoms with E-state index in [9.17, 15) is 8.78 Å². The quantitative estimate of drug-likeness (QED) is 0.457. The van der Waals surface area contributed by atoms with Crippen LogP contribution in [0.25, 0.3) is 5.83 Å². The number of nitrogens with zero attached hydrogens (tertiary/aromatic N) is 1. The molecule has 0 bridgehead atoms. The number of rotatable bonds is 7. The number of hydrogen-bond acceptors (Lipinski definition) is 2. The van der Waals surface area contributed by atoms with Crippen molar-refractivity contribution in [1.29, 1.82) is 5.41 Å². The summed E-state index contributed by atoms with van der Waals surface area (Å²) < 4.78 is 27.5. The first-order valence-electron chi connectivity index (χ1n) is 7.27. The van der Waals surface area contributed by atoms with Gasteiger partial charge in [0.1, 0.15) is 11.7 Å². The molecule has 0 saturated heterocycles. The van der Waals surface area contributed by atoms with Crippen molar-refractivity contribution in [1.82, 2.24) is 0 Å². The molecule has 2 nitrogen and oxygen atoms in total. The third kappa shape index (κ3) is 5.39. The predicted molar refractivity (Wildman–Crippen MR) is 99.5 cm³/mol. The predicted octanol–water partition coefficient (Wildman–Crippen LogP) is 6.09. The fourth-order valence-electron chi connectivity index (χ4n) is 1.95. The molecular formula is C19H19ClF2N2. The molecule has 0 amide bonds.